The van der Waals surface area contributed by atoms with E-state index in [0.29, 0.717) is 5.56 Å². The minimum Gasteiger partial charge on any atom is -0.496 e. The van der Waals surface area contributed by atoms with Crippen molar-refractivity contribution in [2.75, 3.05) is 7.11 Å². The van der Waals surface area contributed by atoms with Crippen LogP contribution in [0.2, 0.25) is 0 Å². The Morgan fingerprint density at radius 3 is 3.12 bits per heavy atom. The van der Waals surface area contributed by atoms with Gasteiger partial charge in [0.2, 0.25) is 0 Å². The van der Waals surface area contributed by atoms with E-state index in [9.17, 15) is 4.79 Å². The molecule has 1 amide bonds. The van der Waals surface area contributed by atoms with Crippen LogP contribution in [0, 0.1) is 0 Å². The van der Waals surface area contributed by atoms with E-state index in [0.717, 1.165) is 35.4 Å². The third kappa shape index (κ3) is 2.49. The topological polar surface area (TPSA) is 67.0 Å². The lowest BCUT2D eigenvalue weighted by atomic mass is 10.1. The third-order valence-electron chi connectivity index (χ3n) is 4.45. The maximum absolute atomic E-state index is 12.7. The predicted molar refractivity (Wildman–Crippen MR) is 93.4 cm³/mol. The lowest BCUT2D eigenvalue weighted by Gasteiger charge is -2.14. The number of ether oxygens (including phenoxy) is 1. The summed E-state index contributed by atoms with van der Waals surface area (Å²) >= 11 is 1.59. The first kappa shape index (κ1) is 15.0. The highest BCUT2D eigenvalue weighted by Gasteiger charge is 2.27. The molecule has 24 heavy (non-hydrogen) atoms. The van der Waals surface area contributed by atoms with Crippen LogP contribution in [-0.2, 0) is 6.42 Å². The van der Waals surface area contributed by atoms with E-state index in [1.807, 2.05) is 29.0 Å². The summed E-state index contributed by atoms with van der Waals surface area (Å²) < 4.78 is 5.42. The predicted octanol–water partition coefficient (Wildman–Crippen LogP) is 3.56. The van der Waals surface area contributed by atoms with Gasteiger partial charge in [0.15, 0.2) is 0 Å². The molecule has 1 aromatic carbocycles. The van der Waals surface area contributed by atoms with Gasteiger partial charge in [0.25, 0.3) is 5.91 Å². The zero-order chi connectivity index (χ0) is 16.5. The second-order valence-corrected chi connectivity index (χ2v) is 6.54. The number of hydrogen-bond donors (Lipinski definition) is 2. The summed E-state index contributed by atoms with van der Waals surface area (Å²) in [6, 6.07) is 7.98. The highest BCUT2D eigenvalue weighted by atomic mass is 32.1. The summed E-state index contributed by atoms with van der Waals surface area (Å²) in [4.78, 5) is 12.7. The number of aromatic nitrogens is 2. The number of benzene rings is 1. The maximum Gasteiger partial charge on any atom is 0.255 e. The fourth-order valence-electron chi connectivity index (χ4n) is 3.28. The van der Waals surface area contributed by atoms with Crippen LogP contribution in [-0.4, -0.2) is 23.2 Å². The van der Waals surface area contributed by atoms with Crippen LogP contribution < -0.4 is 10.1 Å². The lowest BCUT2D eigenvalue weighted by molar-refractivity contribution is 0.0937. The van der Waals surface area contributed by atoms with Crippen molar-refractivity contribution in [1.82, 2.24) is 15.5 Å². The van der Waals surface area contributed by atoms with Gasteiger partial charge in [-0.2, -0.15) is 16.4 Å². The highest BCUT2D eigenvalue weighted by Crippen LogP contribution is 2.37. The van der Waals surface area contributed by atoms with Crippen molar-refractivity contribution >= 4 is 17.2 Å². The SMILES string of the molecule is COc1cccc2c1CCC2NC(=O)c1cn[nH]c1-c1ccsc1. The van der Waals surface area contributed by atoms with Crippen molar-refractivity contribution in [1.29, 1.82) is 0 Å². The molecule has 1 unspecified atom stereocenters. The lowest BCUT2D eigenvalue weighted by Crippen LogP contribution is -2.27. The largest absolute Gasteiger partial charge is 0.496 e. The van der Waals surface area contributed by atoms with Gasteiger partial charge >= 0.3 is 0 Å². The number of aromatic amines is 1. The fourth-order valence-corrected chi connectivity index (χ4v) is 3.93. The van der Waals surface area contributed by atoms with E-state index in [4.69, 9.17) is 4.74 Å². The van der Waals surface area contributed by atoms with Crippen LogP contribution in [0.4, 0.5) is 0 Å². The molecule has 1 atom stereocenters. The molecule has 2 aromatic heterocycles. The molecule has 0 bridgehead atoms. The van der Waals surface area contributed by atoms with Crippen molar-refractivity contribution < 1.29 is 9.53 Å². The summed E-state index contributed by atoms with van der Waals surface area (Å²) in [5, 5.41) is 14.1. The van der Waals surface area contributed by atoms with Gasteiger partial charge in [-0.25, -0.2) is 0 Å². The van der Waals surface area contributed by atoms with Crippen LogP contribution >= 0.6 is 11.3 Å². The molecule has 6 heteroatoms. The Kier molecular flexibility index (Phi) is 3.82. The minimum atomic E-state index is -0.106. The summed E-state index contributed by atoms with van der Waals surface area (Å²) in [6.07, 6.45) is 3.38. The molecule has 2 N–H and O–H groups in total. The third-order valence-corrected chi connectivity index (χ3v) is 5.13. The number of nitrogens with one attached hydrogen (secondary N) is 2. The van der Waals surface area contributed by atoms with Crippen LogP contribution in [0.15, 0.2) is 41.2 Å². The average Bonchev–Trinajstić information content (AvgIpc) is 3.34. The summed E-state index contributed by atoms with van der Waals surface area (Å²) in [5.74, 6) is 0.789. The number of methoxy groups -OCH3 is 1. The van der Waals surface area contributed by atoms with E-state index in [1.165, 1.54) is 5.56 Å². The van der Waals surface area contributed by atoms with Gasteiger partial charge in [0.1, 0.15) is 5.75 Å². The highest BCUT2D eigenvalue weighted by molar-refractivity contribution is 7.08. The van der Waals surface area contributed by atoms with E-state index in [-0.39, 0.29) is 11.9 Å². The zero-order valence-electron chi connectivity index (χ0n) is 13.2. The number of H-pyrrole nitrogens is 1. The van der Waals surface area contributed by atoms with Crippen LogP contribution in [0.5, 0.6) is 5.75 Å². The number of amides is 1. The zero-order valence-corrected chi connectivity index (χ0v) is 14.0. The van der Waals surface area contributed by atoms with Gasteiger partial charge in [-0.3, -0.25) is 9.89 Å². The van der Waals surface area contributed by atoms with Gasteiger partial charge in [-0.05, 0) is 41.5 Å². The van der Waals surface area contributed by atoms with E-state index in [1.54, 1.807) is 24.6 Å². The van der Waals surface area contributed by atoms with Crippen molar-refractivity contribution in [2.24, 2.45) is 0 Å². The Hall–Kier alpha value is -2.60. The monoisotopic (exact) mass is 339 g/mol. The first-order chi connectivity index (χ1) is 11.8. The Morgan fingerprint density at radius 2 is 2.33 bits per heavy atom. The Bertz CT molecular complexity index is 870. The molecule has 1 aliphatic carbocycles. The number of nitrogens with zero attached hydrogens (tertiary/aromatic N) is 1. The van der Waals surface area contributed by atoms with E-state index >= 15 is 0 Å². The number of fused-ring (bicyclic) bond motifs is 1. The summed E-state index contributed by atoms with van der Waals surface area (Å²) in [7, 11) is 1.68. The molecule has 0 aliphatic heterocycles. The van der Waals surface area contributed by atoms with Crippen molar-refractivity contribution in [3.63, 3.8) is 0 Å². The fraction of sp³-hybridized carbons (Fsp3) is 0.222. The van der Waals surface area contributed by atoms with Crippen LogP contribution in [0.3, 0.4) is 0 Å². The van der Waals surface area contributed by atoms with Crippen molar-refractivity contribution in [3.05, 3.63) is 57.9 Å². The normalized spacial score (nSPS) is 16.0. The number of carbonyl (C=O) groups excluding carboxylic acids is 1. The smallest absolute Gasteiger partial charge is 0.255 e. The molecule has 5 nitrogen and oxygen atoms in total. The van der Waals surface area contributed by atoms with E-state index < -0.39 is 0 Å². The number of hydrogen-bond acceptors (Lipinski definition) is 4. The molecule has 2 heterocycles. The van der Waals surface area contributed by atoms with E-state index in [2.05, 4.69) is 21.6 Å². The molecule has 1 aliphatic rings. The molecular formula is C18H17N3O2S. The Labute approximate surface area is 143 Å². The van der Waals surface area contributed by atoms with Crippen molar-refractivity contribution in [3.8, 4) is 17.0 Å². The first-order valence-corrected chi connectivity index (χ1v) is 8.75. The minimum absolute atomic E-state index is 0.00725. The second-order valence-electron chi connectivity index (χ2n) is 5.76. The molecular weight excluding hydrogens is 322 g/mol. The Balaban J connectivity index is 1.59. The van der Waals surface area contributed by atoms with Gasteiger partial charge < -0.3 is 10.1 Å². The van der Waals surface area contributed by atoms with Gasteiger partial charge in [0.05, 0.1) is 30.6 Å². The van der Waals surface area contributed by atoms with Gasteiger partial charge in [-0.1, -0.05) is 12.1 Å². The quantitative estimate of drug-likeness (QED) is 0.764. The molecule has 0 saturated carbocycles. The van der Waals surface area contributed by atoms with Gasteiger partial charge in [0, 0.05) is 10.9 Å². The summed E-state index contributed by atoms with van der Waals surface area (Å²) in [6.45, 7) is 0. The Morgan fingerprint density at radius 1 is 1.42 bits per heavy atom. The number of thiophene rings is 1. The standard InChI is InChI=1S/C18H17N3O2S/c1-23-16-4-2-3-12-13(16)5-6-15(12)20-18(22)14-9-19-21-17(14)11-7-8-24-10-11/h2-4,7-10,15H,5-6H2,1H3,(H,19,21)(H,20,22). The summed E-state index contributed by atoms with van der Waals surface area (Å²) in [5.41, 5.74) is 4.65. The van der Waals surface area contributed by atoms with Crippen LogP contribution in [0.1, 0.15) is 33.9 Å². The average molecular weight is 339 g/mol. The first-order valence-electron chi connectivity index (χ1n) is 7.80. The molecule has 0 spiro atoms. The molecule has 0 radical (unpaired) electrons. The molecule has 122 valence electrons. The molecule has 0 saturated heterocycles. The molecule has 0 fully saturated rings. The molecule has 3 aromatic rings. The maximum atomic E-state index is 12.7. The molecule has 4 rings (SSSR count). The second kappa shape index (κ2) is 6.13. The number of rotatable bonds is 4. The van der Waals surface area contributed by atoms with Crippen molar-refractivity contribution in [2.45, 2.75) is 18.9 Å². The van der Waals surface area contributed by atoms with Gasteiger partial charge in [-0.15, -0.1) is 0 Å². The van der Waals surface area contributed by atoms with Crippen LogP contribution in [0.25, 0.3) is 11.3 Å². The number of carbonyl (C=O) groups is 1.